The molecule has 1 aromatic carbocycles. The summed E-state index contributed by atoms with van der Waals surface area (Å²) in [6.07, 6.45) is 1.83. The molecule has 0 saturated carbocycles. The summed E-state index contributed by atoms with van der Waals surface area (Å²) >= 11 is 12.0. The monoisotopic (exact) mass is 259 g/mol. The molecule has 2 nitrogen and oxygen atoms in total. The van der Waals surface area contributed by atoms with Gasteiger partial charge in [0.1, 0.15) is 0 Å². The normalized spacial score (nSPS) is 22.3. The molecule has 2 rings (SSSR count). The molecule has 1 saturated heterocycles. The molecule has 0 bridgehead atoms. The fourth-order valence-electron chi connectivity index (χ4n) is 2.00. The lowest BCUT2D eigenvalue weighted by atomic mass is 9.94. The van der Waals surface area contributed by atoms with Crippen LogP contribution in [0, 0.1) is 5.92 Å². The van der Waals surface area contributed by atoms with Crippen LogP contribution in [0.15, 0.2) is 18.2 Å². The highest BCUT2D eigenvalue weighted by Gasteiger charge is 2.23. The van der Waals surface area contributed by atoms with Crippen molar-refractivity contribution in [3.8, 4) is 0 Å². The largest absolute Gasteiger partial charge is 0.381 e. The summed E-state index contributed by atoms with van der Waals surface area (Å²) in [7, 11) is 0. The van der Waals surface area contributed by atoms with E-state index >= 15 is 0 Å². The third kappa shape index (κ3) is 2.89. The van der Waals surface area contributed by atoms with Gasteiger partial charge in [0.15, 0.2) is 0 Å². The van der Waals surface area contributed by atoms with Gasteiger partial charge in [0.2, 0.25) is 0 Å². The van der Waals surface area contributed by atoms with E-state index < -0.39 is 0 Å². The Morgan fingerprint density at radius 1 is 1.44 bits per heavy atom. The van der Waals surface area contributed by atoms with Crippen LogP contribution >= 0.6 is 23.2 Å². The van der Waals surface area contributed by atoms with Gasteiger partial charge in [-0.1, -0.05) is 29.3 Å². The maximum Gasteiger partial charge on any atom is 0.0510 e. The van der Waals surface area contributed by atoms with E-state index in [-0.39, 0.29) is 6.04 Å². The van der Waals surface area contributed by atoms with Crippen molar-refractivity contribution in [2.24, 2.45) is 11.7 Å². The Morgan fingerprint density at radius 3 is 2.88 bits per heavy atom. The average Bonchev–Trinajstić information content (AvgIpc) is 2.75. The number of ether oxygens (including phenoxy) is 1. The summed E-state index contributed by atoms with van der Waals surface area (Å²) in [6.45, 7) is 1.60. The second-order valence-corrected chi connectivity index (χ2v) is 5.07. The quantitative estimate of drug-likeness (QED) is 0.906. The molecule has 0 aliphatic carbocycles. The summed E-state index contributed by atoms with van der Waals surface area (Å²) in [6, 6.07) is 5.67. The van der Waals surface area contributed by atoms with Crippen LogP contribution in [0.4, 0.5) is 0 Å². The number of hydrogen-bond donors (Lipinski definition) is 1. The zero-order valence-electron chi connectivity index (χ0n) is 8.96. The van der Waals surface area contributed by atoms with Gasteiger partial charge in [-0.3, -0.25) is 0 Å². The molecule has 88 valence electrons. The van der Waals surface area contributed by atoms with Crippen LogP contribution in [0.1, 0.15) is 12.0 Å². The van der Waals surface area contributed by atoms with E-state index in [2.05, 4.69) is 0 Å². The highest BCUT2D eigenvalue weighted by molar-refractivity contribution is 6.35. The van der Waals surface area contributed by atoms with Crippen LogP contribution in [0.25, 0.3) is 0 Å². The van der Waals surface area contributed by atoms with Crippen LogP contribution in [-0.2, 0) is 11.2 Å². The molecule has 2 N–H and O–H groups in total. The van der Waals surface area contributed by atoms with Gasteiger partial charge >= 0.3 is 0 Å². The molecule has 1 aromatic rings. The summed E-state index contributed by atoms with van der Waals surface area (Å²) in [4.78, 5) is 0. The molecule has 0 aromatic heterocycles. The van der Waals surface area contributed by atoms with Gasteiger partial charge in [-0.05, 0) is 36.5 Å². The minimum atomic E-state index is 0.112. The fourth-order valence-corrected chi connectivity index (χ4v) is 2.48. The molecule has 0 radical (unpaired) electrons. The van der Waals surface area contributed by atoms with Gasteiger partial charge in [0.25, 0.3) is 0 Å². The van der Waals surface area contributed by atoms with Gasteiger partial charge in [0, 0.05) is 22.7 Å². The van der Waals surface area contributed by atoms with Gasteiger partial charge < -0.3 is 10.5 Å². The van der Waals surface area contributed by atoms with Crippen LogP contribution in [-0.4, -0.2) is 19.3 Å². The lowest BCUT2D eigenvalue weighted by molar-refractivity contribution is 0.180. The predicted octanol–water partition coefficient (Wildman–Crippen LogP) is 2.90. The zero-order valence-corrected chi connectivity index (χ0v) is 10.5. The highest BCUT2D eigenvalue weighted by atomic mass is 35.5. The first-order chi connectivity index (χ1) is 7.66. The van der Waals surface area contributed by atoms with Crippen molar-refractivity contribution in [2.75, 3.05) is 13.2 Å². The van der Waals surface area contributed by atoms with E-state index in [1.165, 1.54) is 0 Å². The first-order valence-corrected chi connectivity index (χ1v) is 6.19. The number of rotatable bonds is 3. The van der Waals surface area contributed by atoms with Crippen LogP contribution in [0.2, 0.25) is 10.0 Å². The van der Waals surface area contributed by atoms with Crippen molar-refractivity contribution >= 4 is 23.2 Å². The molecular formula is C12H15Cl2NO. The lowest BCUT2D eigenvalue weighted by Crippen LogP contribution is -2.32. The second kappa shape index (κ2) is 5.37. The minimum absolute atomic E-state index is 0.112. The number of halogens is 2. The molecule has 1 aliphatic rings. The third-order valence-electron chi connectivity index (χ3n) is 3.04. The second-order valence-electron chi connectivity index (χ2n) is 4.23. The molecule has 1 heterocycles. The van der Waals surface area contributed by atoms with Crippen LogP contribution < -0.4 is 5.73 Å². The Bertz CT molecular complexity index is 364. The first kappa shape index (κ1) is 12.2. The molecule has 0 amide bonds. The fraction of sp³-hybridized carbons (Fsp3) is 0.500. The van der Waals surface area contributed by atoms with E-state index in [9.17, 15) is 0 Å². The van der Waals surface area contributed by atoms with Gasteiger partial charge in [0.05, 0.1) is 6.61 Å². The maximum absolute atomic E-state index is 6.15. The Morgan fingerprint density at radius 2 is 2.25 bits per heavy atom. The molecule has 16 heavy (non-hydrogen) atoms. The van der Waals surface area contributed by atoms with E-state index in [1.54, 1.807) is 6.07 Å². The van der Waals surface area contributed by atoms with Gasteiger partial charge in [-0.15, -0.1) is 0 Å². The standard InChI is InChI=1S/C12H15Cl2NO/c13-10-2-1-8(11(14)6-10)5-12(15)9-3-4-16-7-9/h1-2,6,9,12H,3-5,7,15H2. The Kier molecular flexibility index (Phi) is 4.09. The summed E-state index contributed by atoms with van der Waals surface area (Å²) < 4.78 is 5.33. The zero-order chi connectivity index (χ0) is 11.5. The van der Waals surface area contributed by atoms with Crippen molar-refractivity contribution in [1.82, 2.24) is 0 Å². The van der Waals surface area contributed by atoms with Crippen LogP contribution in [0.3, 0.4) is 0 Å². The van der Waals surface area contributed by atoms with Crippen LogP contribution in [0.5, 0.6) is 0 Å². The third-order valence-corrected chi connectivity index (χ3v) is 3.63. The van der Waals surface area contributed by atoms with Crippen molar-refractivity contribution < 1.29 is 4.74 Å². The average molecular weight is 260 g/mol. The SMILES string of the molecule is NC(Cc1ccc(Cl)cc1Cl)C1CCOC1. The van der Waals surface area contributed by atoms with E-state index in [0.29, 0.717) is 16.0 Å². The van der Waals surface area contributed by atoms with Crippen molar-refractivity contribution in [3.63, 3.8) is 0 Å². The van der Waals surface area contributed by atoms with Gasteiger partial charge in [-0.2, -0.15) is 0 Å². The summed E-state index contributed by atoms with van der Waals surface area (Å²) in [5, 5.41) is 1.35. The Hall–Kier alpha value is -0.280. The summed E-state index contributed by atoms with van der Waals surface area (Å²) in [5.41, 5.74) is 7.21. The summed E-state index contributed by atoms with van der Waals surface area (Å²) in [5.74, 6) is 0.451. The van der Waals surface area contributed by atoms with E-state index in [0.717, 1.165) is 31.6 Å². The number of benzene rings is 1. The molecule has 1 fully saturated rings. The molecule has 2 unspecified atom stereocenters. The number of hydrogen-bond acceptors (Lipinski definition) is 2. The molecule has 1 aliphatic heterocycles. The molecule has 4 heteroatoms. The Labute approximate surface area is 106 Å². The molecular weight excluding hydrogens is 245 g/mol. The van der Waals surface area contributed by atoms with Gasteiger partial charge in [-0.25, -0.2) is 0 Å². The van der Waals surface area contributed by atoms with E-state index in [4.69, 9.17) is 33.7 Å². The molecule has 2 atom stereocenters. The minimum Gasteiger partial charge on any atom is -0.381 e. The highest BCUT2D eigenvalue weighted by Crippen LogP contribution is 2.24. The van der Waals surface area contributed by atoms with Crippen molar-refractivity contribution in [1.29, 1.82) is 0 Å². The van der Waals surface area contributed by atoms with Crippen molar-refractivity contribution in [3.05, 3.63) is 33.8 Å². The topological polar surface area (TPSA) is 35.2 Å². The number of nitrogens with two attached hydrogens (primary N) is 1. The predicted molar refractivity (Wildman–Crippen MR) is 67.1 cm³/mol. The smallest absolute Gasteiger partial charge is 0.0510 e. The lowest BCUT2D eigenvalue weighted by Gasteiger charge is -2.18. The van der Waals surface area contributed by atoms with Crippen molar-refractivity contribution in [2.45, 2.75) is 18.9 Å². The maximum atomic E-state index is 6.15. The first-order valence-electron chi connectivity index (χ1n) is 5.44. The Balaban J connectivity index is 2.02. The van der Waals surface area contributed by atoms with E-state index in [1.807, 2.05) is 12.1 Å². The molecule has 0 spiro atoms.